The Kier molecular flexibility index (Phi) is 6.79. The summed E-state index contributed by atoms with van der Waals surface area (Å²) in [5, 5.41) is 0. The van der Waals surface area contributed by atoms with Gasteiger partial charge in [-0.15, -0.1) is 0 Å². The Balaban J connectivity index is 2.37. The number of hydrogen-bond donors (Lipinski definition) is 0. The van der Waals surface area contributed by atoms with Crippen molar-refractivity contribution in [2.45, 2.75) is 86.0 Å². The van der Waals surface area contributed by atoms with E-state index in [2.05, 4.69) is 109 Å². The van der Waals surface area contributed by atoms with Crippen molar-refractivity contribution in [2.75, 3.05) is 0 Å². The molecule has 0 amide bonds. The molecule has 0 spiro atoms. The molecule has 2 aromatic carbocycles. The second kappa shape index (κ2) is 9.02. The summed E-state index contributed by atoms with van der Waals surface area (Å²) in [7, 11) is 0. The summed E-state index contributed by atoms with van der Waals surface area (Å²) in [5.41, 5.74) is 8.01. The summed E-state index contributed by atoms with van der Waals surface area (Å²) in [4.78, 5) is 4.99. The number of imidazole rings is 1. The van der Waals surface area contributed by atoms with Crippen molar-refractivity contribution >= 4 is 0 Å². The number of aromatic nitrogens is 2. The molecule has 3 aromatic rings. The van der Waals surface area contributed by atoms with E-state index in [0.717, 1.165) is 12.2 Å². The van der Waals surface area contributed by atoms with E-state index in [4.69, 9.17) is 4.98 Å². The predicted molar refractivity (Wildman–Crippen MR) is 134 cm³/mol. The fourth-order valence-corrected chi connectivity index (χ4v) is 4.77. The van der Waals surface area contributed by atoms with Crippen LogP contribution < -0.4 is 0 Å². The molecule has 2 heteroatoms. The first-order valence-corrected chi connectivity index (χ1v) is 11.9. The quantitative estimate of drug-likeness (QED) is 0.378. The highest BCUT2D eigenvalue weighted by Gasteiger charge is 2.32. The van der Waals surface area contributed by atoms with Crippen molar-refractivity contribution in [3.8, 4) is 17.1 Å². The number of rotatable bonds is 7. The van der Waals surface area contributed by atoms with Gasteiger partial charge >= 0.3 is 0 Å². The van der Waals surface area contributed by atoms with Crippen LogP contribution in [0.15, 0.2) is 48.7 Å². The minimum absolute atomic E-state index is 0.0969. The van der Waals surface area contributed by atoms with E-state index >= 15 is 0 Å². The molecular formula is C29H40N2. The maximum absolute atomic E-state index is 4.99. The van der Waals surface area contributed by atoms with Crippen LogP contribution in [0, 0.1) is 12.8 Å². The zero-order valence-corrected chi connectivity index (χ0v) is 21.0. The standard InChI is InChI=1S/C29H40N2/c1-10-29(9,21(6)7)26-17-12-11-14-25(26)28-30-18-22(8)31(28)27-23(19(2)3)15-13-16-24(27)20(4)5/h11-21H,10H2,1-9H3. The smallest absolute Gasteiger partial charge is 0.144 e. The van der Waals surface area contributed by atoms with Crippen molar-refractivity contribution in [1.82, 2.24) is 9.55 Å². The molecule has 0 radical (unpaired) electrons. The zero-order valence-electron chi connectivity index (χ0n) is 21.0. The maximum atomic E-state index is 4.99. The second-order valence-electron chi connectivity index (χ2n) is 10.1. The molecule has 0 aliphatic rings. The molecule has 0 bridgehead atoms. The van der Waals surface area contributed by atoms with Gasteiger partial charge in [0, 0.05) is 17.5 Å². The summed E-state index contributed by atoms with van der Waals surface area (Å²) < 4.78 is 2.42. The lowest BCUT2D eigenvalue weighted by Crippen LogP contribution is -2.28. The number of para-hydroxylation sites is 1. The lowest BCUT2D eigenvalue weighted by Gasteiger charge is -2.35. The van der Waals surface area contributed by atoms with Crippen molar-refractivity contribution in [3.05, 3.63) is 71.0 Å². The van der Waals surface area contributed by atoms with Crippen LogP contribution in [0.25, 0.3) is 17.1 Å². The molecule has 1 atom stereocenters. The Morgan fingerprint density at radius 2 is 1.45 bits per heavy atom. The molecule has 0 saturated carbocycles. The molecular weight excluding hydrogens is 376 g/mol. The highest BCUT2D eigenvalue weighted by molar-refractivity contribution is 5.67. The number of hydrogen-bond acceptors (Lipinski definition) is 1. The molecule has 0 fully saturated rings. The van der Waals surface area contributed by atoms with E-state index in [-0.39, 0.29) is 5.41 Å². The Labute approximate surface area is 189 Å². The minimum atomic E-state index is 0.0969. The molecule has 2 nitrogen and oxygen atoms in total. The predicted octanol–water partition coefficient (Wildman–Crippen LogP) is 8.42. The second-order valence-corrected chi connectivity index (χ2v) is 10.1. The zero-order chi connectivity index (χ0) is 22.9. The van der Waals surface area contributed by atoms with E-state index < -0.39 is 0 Å². The van der Waals surface area contributed by atoms with Crippen molar-refractivity contribution in [1.29, 1.82) is 0 Å². The van der Waals surface area contributed by atoms with E-state index in [1.165, 1.54) is 33.6 Å². The first-order chi connectivity index (χ1) is 14.6. The van der Waals surface area contributed by atoms with E-state index in [9.17, 15) is 0 Å². The Morgan fingerprint density at radius 3 is 1.97 bits per heavy atom. The van der Waals surface area contributed by atoms with Gasteiger partial charge < -0.3 is 0 Å². The maximum Gasteiger partial charge on any atom is 0.144 e. The largest absolute Gasteiger partial charge is 0.296 e. The van der Waals surface area contributed by atoms with Crippen LogP contribution >= 0.6 is 0 Å². The molecule has 0 aliphatic heterocycles. The van der Waals surface area contributed by atoms with Crippen LogP contribution in [0.3, 0.4) is 0 Å². The van der Waals surface area contributed by atoms with Crippen LogP contribution in [-0.4, -0.2) is 9.55 Å². The van der Waals surface area contributed by atoms with Gasteiger partial charge in [0.1, 0.15) is 5.82 Å². The van der Waals surface area contributed by atoms with Crippen molar-refractivity contribution in [2.24, 2.45) is 5.92 Å². The van der Waals surface area contributed by atoms with Crippen LogP contribution in [0.2, 0.25) is 0 Å². The van der Waals surface area contributed by atoms with Crippen molar-refractivity contribution in [3.63, 3.8) is 0 Å². The topological polar surface area (TPSA) is 17.8 Å². The van der Waals surface area contributed by atoms with Crippen LogP contribution in [0.5, 0.6) is 0 Å². The summed E-state index contributed by atoms with van der Waals surface area (Å²) >= 11 is 0. The first kappa shape index (κ1) is 23.3. The third-order valence-corrected chi connectivity index (χ3v) is 7.30. The molecule has 1 unspecified atom stereocenters. The first-order valence-electron chi connectivity index (χ1n) is 11.9. The third kappa shape index (κ3) is 4.10. The molecule has 3 rings (SSSR count). The Bertz CT molecular complexity index is 1010. The molecule has 0 aliphatic carbocycles. The lowest BCUT2D eigenvalue weighted by molar-refractivity contribution is 0.327. The highest BCUT2D eigenvalue weighted by atomic mass is 15.1. The third-order valence-electron chi connectivity index (χ3n) is 7.30. The average Bonchev–Trinajstić information content (AvgIpc) is 3.13. The molecule has 0 N–H and O–H groups in total. The highest BCUT2D eigenvalue weighted by Crippen LogP contribution is 2.42. The summed E-state index contributed by atoms with van der Waals surface area (Å²) in [5.74, 6) is 2.48. The van der Waals surface area contributed by atoms with E-state index in [1.807, 2.05) is 6.20 Å². The lowest BCUT2D eigenvalue weighted by atomic mass is 9.70. The van der Waals surface area contributed by atoms with E-state index in [0.29, 0.717) is 17.8 Å². The fourth-order valence-electron chi connectivity index (χ4n) is 4.77. The molecule has 166 valence electrons. The van der Waals surface area contributed by atoms with E-state index in [1.54, 1.807) is 0 Å². The normalized spacial score (nSPS) is 13.9. The number of benzene rings is 2. The number of aryl methyl sites for hydroxylation is 1. The molecule has 1 aromatic heterocycles. The molecule has 31 heavy (non-hydrogen) atoms. The average molecular weight is 417 g/mol. The van der Waals surface area contributed by atoms with Gasteiger partial charge in [-0.1, -0.05) is 97.9 Å². The van der Waals surface area contributed by atoms with Gasteiger partial charge in [0.15, 0.2) is 0 Å². The van der Waals surface area contributed by atoms with Crippen molar-refractivity contribution < 1.29 is 0 Å². The van der Waals surface area contributed by atoms with Crippen LogP contribution in [0.4, 0.5) is 0 Å². The summed E-state index contributed by atoms with van der Waals surface area (Å²) in [6, 6.07) is 15.7. The van der Waals surface area contributed by atoms with Gasteiger partial charge in [-0.2, -0.15) is 0 Å². The Morgan fingerprint density at radius 1 is 0.871 bits per heavy atom. The van der Waals surface area contributed by atoms with Gasteiger partial charge in [-0.05, 0) is 53.2 Å². The van der Waals surface area contributed by atoms with Crippen LogP contribution in [0.1, 0.15) is 96.0 Å². The van der Waals surface area contributed by atoms with Crippen LogP contribution in [-0.2, 0) is 5.41 Å². The SMILES string of the molecule is CCC(C)(c1ccccc1-c1ncc(C)n1-c1c(C(C)C)cccc1C(C)C)C(C)C. The monoisotopic (exact) mass is 416 g/mol. The Hall–Kier alpha value is -2.35. The summed E-state index contributed by atoms with van der Waals surface area (Å²) in [6.07, 6.45) is 3.13. The molecule has 1 heterocycles. The minimum Gasteiger partial charge on any atom is -0.296 e. The van der Waals surface area contributed by atoms with Gasteiger partial charge in [-0.25, -0.2) is 4.98 Å². The van der Waals surface area contributed by atoms with Gasteiger partial charge in [0.05, 0.1) is 5.69 Å². The number of nitrogens with zero attached hydrogens (tertiary/aromatic N) is 2. The molecule has 0 saturated heterocycles. The summed E-state index contributed by atoms with van der Waals surface area (Å²) in [6.45, 7) is 20.7. The van der Waals surface area contributed by atoms with Gasteiger partial charge in [0.2, 0.25) is 0 Å². The van der Waals surface area contributed by atoms with Gasteiger partial charge in [-0.3, -0.25) is 4.57 Å². The van der Waals surface area contributed by atoms with Gasteiger partial charge in [0.25, 0.3) is 0 Å². The fraction of sp³-hybridized carbons (Fsp3) is 0.483.